The second-order valence-corrected chi connectivity index (χ2v) is 3.84. The van der Waals surface area contributed by atoms with Crippen molar-refractivity contribution in [3.63, 3.8) is 0 Å². The molecule has 0 atom stereocenters. The predicted molar refractivity (Wildman–Crippen MR) is 63.3 cm³/mol. The van der Waals surface area contributed by atoms with Crippen LogP contribution in [0.3, 0.4) is 0 Å². The lowest BCUT2D eigenvalue weighted by Gasteiger charge is -2.14. The number of hydrogen-bond donors (Lipinski definition) is 2. The summed E-state index contributed by atoms with van der Waals surface area (Å²) < 4.78 is 35.7. The first-order chi connectivity index (χ1) is 8.50. The van der Waals surface area contributed by atoms with E-state index in [0.717, 1.165) is 5.56 Å². The van der Waals surface area contributed by atoms with Gasteiger partial charge in [-0.3, -0.25) is 0 Å². The molecule has 0 amide bonds. The monoisotopic (exact) mass is 261 g/mol. The molecular weight excluding hydrogens is 244 g/mol. The highest BCUT2D eigenvalue weighted by Crippen LogP contribution is 2.22. The molecule has 0 saturated carbocycles. The fourth-order valence-corrected chi connectivity index (χ4v) is 1.41. The Hall–Kier alpha value is -1.40. The third-order valence-corrected chi connectivity index (χ3v) is 2.36. The van der Waals surface area contributed by atoms with E-state index in [1.54, 1.807) is 18.2 Å². The molecule has 0 heterocycles. The highest BCUT2D eigenvalue weighted by Gasteiger charge is 2.26. The standard InChI is InChI=1S/C12H17F2NO3/c1-17-10-3-9(4-11(5-10)18-2)6-15-7-12(13,14)8-16/h3-5,15-16H,6-8H2,1-2H3. The van der Waals surface area contributed by atoms with Crippen molar-refractivity contribution in [3.8, 4) is 11.5 Å². The number of aliphatic hydroxyl groups excluding tert-OH is 1. The first-order valence-corrected chi connectivity index (χ1v) is 5.42. The molecule has 1 aromatic carbocycles. The molecule has 0 aromatic heterocycles. The van der Waals surface area contributed by atoms with E-state index in [-0.39, 0.29) is 6.54 Å². The quantitative estimate of drug-likeness (QED) is 0.779. The fourth-order valence-electron chi connectivity index (χ4n) is 1.41. The summed E-state index contributed by atoms with van der Waals surface area (Å²) in [6.45, 7) is -1.51. The molecule has 0 radical (unpaired) electrons. The van der Waals surface area contributed by atoms with Crippen molar-refractivity contribution in [2.45, 2.75) is 12.5 Å². The van der Waals surface area contributed by atoms with E-state index in [1.807, 2.05) is 0 Å². The third kappa shape index (κ3) is 4.46. The zero-order valence-electron chi connectivity index (χ0n) is 10.4. The number of benzene rings is 1. The van der Waals surface area contributed by atoms with Crippen molar-refractivity contribution in [1.82, 2.24) is 5.32 Å². The Balaban J connectivity index is 2.61. The van der Waals surface area contributed by atoms with E-state index in [4.69, 9.17) is 14.6 Å². The van der Waals surface area contributed by atoms with Gasteiger partial charge in [-0.05, 0) is 17.7 Å². The number of rotatable bonds is 7. The lowest BCUT2D eigenvalue weighted by molar-refractivity contribution is -0.0477. The Morgan fingerprint density at radius 1 is 1.17 bits per heavy atom. The number of methoxy groups -OCH3 is 2. The number of ether oxygens (including phenoxy) is 2. The minimum absolute atomic E-state index is 0.239. The molecule has 4 nitrogen and oxygen atoms in total. The van der Waals surface area contributed by atoms with Crippen molar-refractivity contribution in [1.29, 1.82) is 0 Å². The van der Waals surface area contributed by atoms with Crippen molar-refractivity contribution in [2.75, 3.05) is 27.4 Å². The Labute approximate surface area is 105 Å². The van der Waals surface area contributed by atoms with Crippen LogP contribution >= 0.6 is 0 Å². The molecule has 0 aliphatic carbocycles. The highest BCUT2D eigenvalue weighted by molar-refractivity contribution is 5.38. The fraction of sp³-hybridized carbons (Fsp3) is 0.500. The second-order valence-electron chi connectivity index (χ2n) is 3.84. The normalized spacial score (nSPS) is 11.4. The van der Waals surface area contributed by atoms with E-state index < -0.39 is 19.1 Å². The van der Waals surface area contributed by atoms with Gasteiger partial charge >= 0.3 is 0 Å². The predicted octanol–water partition coefficient (Wildman–Crippen LogP) is 1.42. The number of nitrogens with one attached hydrogen (secondary N) is 1. The van der Waals surface area contributed by atoms with Crippen LogP contribution in [0.2, 0.25) is 0 Å². The molecule has 0 aliphatic heterocycles. The van der Waals surface area contributed by atoms with Gasteiger partial charge in [-0.25, -0.2) is 8.78 Å². The summed E-state index contributed by atoms with van der Waals surface area (Å²) in [5, 5.41) is 11.0. The Bertz CT molecular complexity index is 363. The maximum absolute atomic E-state index is 12.8. The van der Waals surface area contributed by atoms with Crippen LogP contribution < -0.4 is 14.8 Å². The summed E-state index contributed by atoms with van der Waals surface area (Å²) in [4.78, 5) is 0. The maximum Gasteiger partial charge on any atom is 0.282 e. The van der Waals surface area contributed by atoms with Gasteiger partial charge < -0.3 is 19.9 Å². The average molecular weight is 261 g/mol. The first kappa shape index (κ1) is 14.7. The lowest BCUT2D eigenvalue weighted by atomic mass is 10.2. The second kappa shape index (κ2) is 6.51. The molecule has 0 unspecified atom stereocenters. The van der Waals surface area contributed by atoms with Crippen LogP contribution in [0.25, 0.3) is 0 Å². The van der Waals surface area contributed by atoms with Crippen LogP contribution in [0, 0.1) is 0 Å². The molecule has 0 spiro atoms. The summed E-state index contributed by atoms with van der Waals surface area (Å²) in [5.41, 5.74) is 0.764. The zero-order valence-corrected chi connectivity index (χ0v) is 10.4. The average Bonchev–Trinajstić information content (AvgIpc) is 2.38. The van der Waals surface area contributed by atoms with Crippen molar-refractivity contribution < 1.29 is 23.4 Å². The van der Waals surface area contributed by atoms with Gasteiger partial charge in [0.2, 0.25) is 0 Å². The molecule has 0 saturated heterocycles. The number of halogens is 2. The molecular formula is C12H17F2NO3. The van der Waals surface area contributed by atoms with E-state index >= 15 is 0 Å². The van der Waals surface area contributed by atoms with Crippen LogP contribution in [0.15, 0.2) is 18.2 Å². The van der Waals surface area contributed by atoms with Gasteiger partial charge in [0.05, 0.1) is 20.8 Å². The minimum atomic E-state index is -3.11. The third-order valence-electron chi connectivity index (χ3n) is 2.36. The Morgan fingerprint density at radius 3 is 2.17 bits per heavy atom. The van der Waals surface area contributed by atoms with E-state index in [2.05, 4.69) is 5.32 Å². The van der Waals surface area contributed by atoms with Crippen molar-refractivity contribution in [3.05, 3.63) is 23.8 Å². The molecule has 6 heteroatoms. The highest BCUT2D eigenvalue weighted by atomic mass is 19.3. The van der Waals surface area contributed by atoms with Crippen LogP contribution in [0.4, 0.5) is 8.78 Å². The van der Waals surface area contributed by atoms with Gasteiger partial charge in [0.1, 0.15) is 18.1 Å². The van der Waals surface area contributed by atoms with Gasteiger partial charge in [0.15, 0.2) is 0 Å². The molecule has 0 bridgehead atoms. The molecule has 18 heavy (non-hydrogen) atoms. The molecule has 0 fully saturated rings. The summed E-state index contributed by atoms with van der Waals surface area (Å²) in [6.07, 6.45) is 0. The first-order valence-electron chi connectivity index (χ1n) is 5.42. The summed E-state index contributed by atoms with van der Waals surface area (Å²) in [6, 6.07) is 5.16. The maximum atomic E-state index is 12.8. The Kier molecular flexibility index (Phi) is 5.30. The van der Waals surface area contributed by atoms with Gasteiger partial charge in [0, 0.05) is 12.6 Å². The molecule has 1 aromatic rings. The van der Waals surface area contributed by atoms with Crippen LogP contribution in [0.5, 0.6) is 11.5 Å². The zero-order chi connectivity index (χ0) is 13.6. The van der Waals surface area contributed by atoms with Crippen LogP contribution in [-0.2, 0) is 6.54 Å². The van der Waals surface area contributed by atoms with Gasteiger partial charge in [0.25, 0.3) is 5.92 Å². The Morgan fingerprint density at radius 2 is 1.72 bits per heavy atom. The lowest BCUT2D eigenvalue weighted by Crippen LogP contribution is -2.35. The number of aliphatic hydroxyl groups is 1. The smallest absolute Gasteiger partial charge is 0.282 e. The van der Waals surface area contributed by atoms with E-state index in [0.29, 0.717) is 11.5 Å². The largest absolute Gasteiger partial charge is 0.497 e. The van der Waals surface area contributed by atoms with Gasteiger partial charge in [-0.15, -0.1) is 0 Å². The SMILES string of the molecule is COc1cc(CNCC(F)(F)CO)cc(OC)c1. The topological polar surface area (TPSA) is 50.7 Å². The van der Waals surface area contributed by atoms with E-state index in [1.165, 1.54) is 14.2 Å². The molecule has 0 aliphatic rings. The summed E-state index contributed by atoms with van der Waals surface area (Å²) in [5.74, 6) is -1.91. The summed E-state index contributed by atoms with van der Waals surface area (Å²) in [7, 11) is 3.04. The molecule has 2 N–H and O–H groups in total. The van der Waals surface area contributed by atoms with Crippen LogP contribution in [0.1, 0.15) is 5.56 Å². The van der Waals surface area contributed by atoms with Gasteiger partial charge in [-0.2, -0.15) is 0 Å². The number of hydrogen-bond acceptors (Lipinski definition) is 4. The van der Waals surface area contributed by atoms with E-state index in [9.17, 15) is 8.78 Å². The van der Waals surface area contributed by atoms with Crippen molar-refractivity contribution >= 4 is 0 Å². The number of alkyl halides is 2. The summed E-state index contributed by atoms with van der Waals surface area (Å²) >= 11 is 0. The van der Waals surface area contributed by atoms with Gasteiger partial charge in [-0.1, -0.05) is 0 Å². The van der Waals surface area contributed by atoms with Crippen LogP contribution in [-0.4, -0.2) is 38.4 Å². The molecule has 1 rings (SSSR count). The minimum Gasteiger partial charge on any atom is -0.497 e. The molecule has 102 valence electrons. The van der Waals surface area contributed by atoms with Crippen molar-refractivity contribution in [2.24, 2.45) is 0 Å².